The summed E-state index contributed by atoms with van der Waals surface area (Å²) in [5.41, 5.74) is 1.21. The summed E-state index contributed by atoms with van der Waals surface area (Å²) in [5, 5.41) is 0. The Balaban J connectivity index is 0.00000120. The number of fused-ring (bicyclic) bond motifs is 1. The first kappa shape index (κ1) is 13.8. The van der Waals surface area contributed by atoms with Crippen molar-refractivity contribution in [3.8, 4) is 11.5 Å². The van der Waals surface area contributed by atoms with E-state index in [2.05, 4.69) is 19.9 Å². The first-order chi connectivity index (χ1) is 8.20. The zero-order chi connectivity index (χ0) is 11.9. The Morgan fingerprint density at radius 3 is 2.50 bits per heavy atom. The molecule has 1 aliphatic heterocycles. The Kier molecular flexibility index (Phi) is 3.99. The maximum atomic E-state index is 6.19. The van der Waals surface area contributed by atoms with E-state index in [9.17, 15) is 0 Å². The third-order valence-electron chi connectivity index (χ3n) is 3.76. The predicted octanol–water partition coefficient (Wildman–Crippen LogP) is 1.05. The Bertz CT molecular complexity index is 423. The minimum Gasteiger partial charge on any atom is -0.511 e. The standard InChI is InChI=1S/C15H19O2.Li/c1-11(2)12-7-6-8-13-14(12)17-15(16-13)9-4-3-5-10-15;/h7-8,11H,3-5,9-10H2,1-2H3;/q-1;+1. The van der Waals surface area contributed by atoms with Gasteiger partial charge in [-0.2, -0.15) is 12.1 Å². The van der Waals surface area contributed by atoms with Gasteiger partial charge in [-0.25, -0.2) is 0 Å². The van der Waals surface area contributed by atoms with Crippen molar-refractivity contribution in [1.29, 1.82) is 0 Å². The molecule has 3 rings (SSSR count). The second kappa shape index (κ2) is 5.19. The molecule has 0 unspecified atom stereocenters. The van der Waals surface area contributed by atoms with Crippen molar-refractivity contribution in [2.24, 2.45) is 0 Å². The molecular weight excluding hydrogens is 219 g/mol. The van der Waals surface area contributed by atoms with Crippen molar-refractivity contribution in [3.63, 3.8) is 0 Å². The molecule has 0 aromatic heterocycles. The summed E-state index contributed by atoms with van der Waals surface area (Å²) in [7, 11) is 0. The van der Waals surface area contributed by atoms with Crippen LogP contribution in [0.3, 0.4) is 0 Å². The molecular formula is C15H19LiO2. The summed E-state index contributed by atoms with van der Waals surface area (Å²) in [5.74, 6) is 1.93. The van der Waals surface area contributed by atoms with E-state index in [0.29, 0.717) is 5.92 Å². The van der Waals surface area contributed by atoms with Crippen LogP contribution in [0.4, 0.5) is 0 Å². The normalized spacial score (nSPS) is 19.9. The molecule has 1 spiro atoms. The average molecular weight is 238 g/mol. The third kappa shape index (κ3) is 2.29. The molecule has 1 saturated carbocycles. The molecule has 0 saturated heterocycles. The second-order valence-corrected chi connectivity index (χ2v) is 5.43. The molecule has 0 amide bonds. The van der Waals surface area contributed by atoms with Gasteiger partial charge in [0.2, 0.25) is 5.79 Å². The summed E-state index contributed by atoms with van der Waals surface area (Å²) < 4.78 is 12.3. The predicted molar refractivity (Wildman–Crippen MR) is 66.4 cm³/mol. The van der Waals surface area contributed by atoms with E-state index in [1.165, 1.54) is 24.8 Å². The maximum absolute atomic E-state index is 6.19. The van der Waals surface area contributed by atoms with E-state index in [4.69, 9.17) is 9.47 Å². The summed E-state index contributed by atoms with van der Waals surface area (Å²) in [6, 6.07) is 7.09. The van der Waals surface area contributed by atoms with Crippen molar-refractivity contribution in [2.45, 2.75) is 57.7 Å². The van der Waals surface area contributed by atoms with Crippen molar-refractivity contribution in [2.75, 3.05) is 0 Å². The quantitative estimate of drug-likeness (QED) is 0.538. The summed E-state index contributed by atoms with van der Waals surface area (Å²) in [4.78, 5) is 0. The van der Waals surface area contributed by atoms with Crippen LogP contribution in [0.1, 0.15) is 57.4 Å². The van der Waals surface area contributed by atoms with E-state index in [-0.39, 0.29) is 24.6 Å². The van der Waals surface area contributed by atoms with Crippen LogP contribution < -0.4 is 28.3 Å². The third-order valence-corrected chi connectivity index (χ3v) is 3.76. The first-order valence-electron chi connectivity index (χ1n) is 6.62. The molecule has 2 aliphatic rings. The van der Waals surface area contributed by atoms with Gasteiger partial charge in [0.15, 0.2) is 0 Å². The fourth-order valence-electron chi connectivity index (χ4n) is 2.80. The van der Waals surface area contributed by atoms with Crippen LogP contribution in [-0.4, -0.2) is 5.79 Å². The summed E-state index contributed by atoms with van der Waals surface area (Å²) in [6.07, 6.45) is 5.73. The van der Waals surface area contributed by atoms with E-state index in [1.807, 2.05) is 12.1 Å². The summed E-state index contributed by atoms with van der Waals surface area (Å²) >= 11 is 0. The van der Waals surface area contributed by atoms with E-state index < -0.39 is 0 Å². The molecule has 1 heterocycles. The topological polar surface area (TPSA) is 18.5 Å². The zero-order valence-electron chi connectivity index (χ0n) is 11.6. The van der Waals surface area contributed by atoms with Crippen LogP contribution in [0.5, 0.6) is 11.5 Å². The number of benzene rings is 1. The van der Waals surface area contributed by atoms with Gasteiger partial charge in [0.1, 0.15) is 0 Å². The minimum atomic E-state index is -0.362. The average Bonchev–Trinajstić information content (AvgIpc) is 2.66. The number of hydrogen-bond acceptors (Lipinski definition) is 2. The van der Waals surface area contributed by atoms with Crippen LogP contribution in [0, 0.1) is 6.07 Å². The largest absolute Gasteiger partial charge is 1.00 e. The molecule has 18 heavy (non-hydrogen) atoms. The fourth-order valence-corrected chi connectivity index (χ4v) is 2.80. The molecule has 2 nitrogen and oxygen atoms in total. The van der Waals surface area contributed by atoms with Crippen LogP contribution in [-0.2, 0) is 0 Å². The molecule has 0 radical (unpaired) electrons. The van der Waals surface area contributed by atoms with Gasteiger partial charge < -0.3 is 9.47 Å². The Hall–Kier alpha value is -0.583. The molecule has 1 aromatic carbocycles. The molecule has 1 aromatic rings. The van der Waals surface area contributed by atoms with E-state index in [0.717, 1.165) is 24.3 Å². The van der Waals surface area contributed by atoms with Crippen molar-refractivity contribution in [3.05, 3.63) is 23.8 Å². The van der Waals surface area contributed by atoms with Crippen LogP contribution in [0.2, 0.25) is 0 Å². The van der Waals surface area contributed by atoms with Crippen LogP contribution in [0.15, 0.2) is 12.1 Å². The maximum Gasteiger partial charge on any atom is 1.00 e. The number of ether oxygens (including phenoxy) is 2. The first-order valence-corrected chi connectivity index (χ1v) is 6.62. The SMILES string of the molecule is CC(C)c1c[c-]cc2c1OC1(CCCCC1)O2.[Li+]. The molecule has 1 aliphatic carbocycles. The number of hydrogen-bond donors (Lipinski definition) is 0. The zero-order valence-corrected chi connectivity index (χ0v) is 11.6. The van der Waals surface area contributed by atoms with Gasteiger partial charge in [-0.3, -0.25) is 0 Å². The van der Waals surface area contributed by atoms with Gasteiger partial charge in [-0.15, -0.1) is 11.6 Å². The Morgan fingerprint density at radius 2 is 1.83 bits per heavy atom. The number of rotatable bonds is 1. The van der Waals surface area contributed by atoms with Gasteiger partial charge in [0.05, 0.1) is 11.5 Å². The van der Waals surface area contributed by atoms with Crippen molar-refractivity contribution >= 4 is 0 Å². The van der Waals surface area contributed by atoms with Gasteiger partial charge in [0.25, 0.3) is 0 Å². The molecule has 92 valence electrons. The van der Waals surface area contributed by atoms with Gasteiger partial charge >= 0.3 is 18.9 Å². The van der Waals surface area contributed by atoms with E-state index >= 15 is 0 Å². The van der Waals surface area contributed by atoms with Gasteiger partial charge in [0, 0.05) is 12.8 Å². The molecule has 0 N–H and O–H groups in total. The Labute approximate surface area is 121 Å². The van der Waals surface area contributed by atoms with E-state index in [1.54, 1.807) is 0 Å². The van der Waals surface area contributed by atoms with Crippen molar-refractivity contribution < 1.29 is 28.3 Å². The minimum absolute atomic E-state index is 0. The van der Waals surface area contributed by atoms with Gasteiger partial charge in [-0.1, -0.05) is 26.2 Å². The van der Waals surface area contributed by atoms with Crippen LogP contribution >= 0.6 is 0 Å². The molecule has 0 bridgehead atoms. The summed E-state index contributed by atoms with van der Waals surface area (Å²) in [6.45, 7) is 4.36. The second-order valence-electron chi connectivity index (χ2n) is 5.43. The smallest absolute Gasteiger partial charge is 0.511 e. The molecule has 0 atom stereocenters. The fraction of sp³-hybridized carbons (Fsp3) is 0.600. The van der Waals surface area contributed by atoms with Gasteiger partial charge in [-0.05, 0) is 12.8 Å². The monoisotopic (exact) mass is 238 g/mol. The molecule has 1 fully saturated rings. The molecule has 3 heteroatoms. The Morgan fingerprint density at radius 1 is 1.11 bits per heavy atom. The van der Waals surface area contributed by atoms with Crippen LogP contribution in [0.25, 0.3) is 0 Å². The van der Waals surface area contributed by atoms with Crippen molar-refractivity contribution in [1.82, 2.24) is 0 Å².